The highest BCUT2D eigenvalue weighted by Gasteiger charge is 2.27. The first-order chi connectivity index (χ1) is 13.2. The Balaban J connectivity index is 1.34. The predicted molar refractivity (Wildman–Crippen MR) is 107 cm³/mol. The number of aliphatic imine (C=N–C) groups is 1. The van der Waals surface area contributed by atoms with E-state index in [1.165, 1.54) is 24.0 Å². The van der Waals surface area contributed by atoms with Crippen molar-refractivity contribution in [3.8, 4) is 5.75 Å². The molecular weight excluding hydrogens is 338 g/mol. The summed E-state index contributed by atoms with van der Waals surface area (Å²) in [4.78, 5) is 6.84. The van der Waals surface area contributed by atoms with E-state index in [-0.39, 0.29) is 0 Å². The number of aryl methyl sites for hydroxylation is 1. The molecule has 6 heteroatoms. The Hall–Kier alpha value is -2.50. The molecule has 1 aliphatic heterocycles. The normalized spacial score (nSPS) is 20.1. The molecule has 4 rings (SSSR count). The molecular formula is C21H29N5O. The summed E-state index contributed by atoms with van der Waals surface area (Å²) in [6.07, 6.45) is 7.85. The van der Waals surface area contributed by atoms with Crippen LogP contribution in [0.1, 0.15) is 36.3 Å². The molecule has 1 aliphatic carbocycles. The number of aromatic nitrogens is 2. The van der Waals surface area contributed by atoms with Crippen LogP contribution >= 0.6 is 0 Å². The van der Waals surface area contributed by atoms with Crippen LogP contribution in [-0.4, -0.2) is 47.4 Å². The zero-order chi connectivity index (χ0) is 18.6. The second kappa shape index (κ2) is 8.03. The molecule has 1 unspecified atom stereocenters. The molecule has 2 aliphatic rings. The van der Waals surface area contributed by atoms with Crippen molar-refractivity contribution in [3.63, 3.8) is 0 Å². The highest BCUT2D eigenvalue weighted by atomic mass is 16.5. The summed E-state index contributed by atoms with van der Waals surface area (Å²) < 4.78 is 7.91. The Bertz CT molecular complexity index is 795. The number of nitrogens with one attached hydrogen (secondary N) is 1. The van der Waals surface area contributed by atoms with Crippen LogP contribution in [0, 0.1) is 5.92 Å². The molecule has 0 amide bonds. The molecule has 1 atom stereocenters. The Morgan fingerprint density at radius 3 is 2.89 bits per heavy atom. The molecule has 2 heterocycles. The Kier molecular flexibility index (Phi) is 5.32. The van der Waals surface area contributed by atoms with Gasteiger partial charge in [0.05, 0.1) is 12.8 Å². The molecule has 6 nitrogen and oxygen atoms in total. The molecule has 0 radical (unpaired) electrons. The number of likely N-dealkylation sites (tertiary alicyclic amines) is 1. The van der Waals surface area contributed by atoms with Gasteiger partial charge in [0, 0.05) is 51.4 Å². The monoisotopic (exact) mass is 367 g/mol. The molecule has 1 saturated carbocycles. The van der Waals surface area contributed by atoms with E-state index in [2.05, 4.69) is 44.7 Å². The van der Waals surface area contributed by atoms with Crippen molar-refractivity contribution in [3.05, 3.63) is 47.8 Å². The summed E-state index contributed by atoms with van der Waals surface area (Å²) in [5.74, 6) is 3.22. The van der Waals surface area contributed by atoms with Crippen LogP contribution in [-0.2, 0) is 13.6 Å². The molecule has 2 fully saturated rings. The first-order valence-electron chi connectivity index (χ1n) is 9.88. The maximum absolute atomic E-state index is 6.03. The average molecular weight is 367 g/mol. The number of nitrogens with zero attached hydrogens (tertiary/aromatic N) is 4. The van der Waals surface area contributed by atoms with E-state index >= 15 is 0 Å². The van der Waals surface area contributed by atoms with Gasteiger partial charge in [-0.1, -0.05) is 18.2 Å². The fourth-order valence-corrected chi connectivity index (χ4v) is 3.67. The molecule has 1 N–H and O–H groups in total. The second-order valence-electron chi connectivity index (χ2n) is 7.64. The van der Waals surface area contributed by atoms with Crippen LogP contribution in [0.4, 0.5) is 0 Å². The van der Waals surface area contributed by atoms with Gasteiger partial charge in [0.2, 0.25) is 0 Å². The molecule has 27 heavy (non-hydrogen) atoms. The molecule has 1 aromatic heterocycles. The van der Waals surface area contributed by atoms with Crippen LogP contribution in [0.25, 0.3) is 0 Å². The van der Waals surface area contributed by atoms with Crippen LogP contribution in [0.3, 0.4) is 0 Å². The number of hydrogen-bond donors (Lipinski definition) is 1. The lowest BCUT2D eigenvalue weighted by molar-refractivity contribution is 0.296. The Morgan fingerprint density at radius 2 is 2.15 bits per heavy atom. The van der Waals surface area contributed by atoms with Gasteiger partial charge < -0.3 is 15.0 Å². The minimum atomic E-state index is 0.520. The van der Waals surface area contributed by atoms with Gasteiger partial charge >= 0.3 is 0 Å². The van der Waals surface area contributed by atoms with E-state index in [1.807, 2.05) is 31.0 Å². The van der Waals surface area contributed by atoms with Gasteiger partial charge in [-0.3, -0.25) is 9.67 Å². The minimum Gasteiger partial charge on any atom is -0.493 e. The van der Waals surface area contributed by atoms with Crippen molar-refractivity contribution in [2.24, 2.45) is 18.0 Å². The molecule has 2 aromatic rings. The predicted octanol–water partition coefficient (Wildman–Crippen LogP) is 2.77. The Morgan fingerprint density at radius 1 is 1.30 bits per heavy atom. The number of rotatable bonds is 6. The van der Waals surface area contributed by atoms with Gasteiger partial charge in [-0.15, -0.1) is 0 Å². The second-order valence-corrected chi connectivity index (χ2v) is 7.64. The largest absolute Gasteiger partial charge is 0.493 e. The van der Waals surface area contributed by atoms with Crippen molar-refractivity contribution < 1.29 is 4.74 Å². The summed E-state index contributed by atoms with van der Waals surface area (Å²) in [7, 11) is 3.83. The zero-order valence-corrected chi connectivity index (χ0v) is 16.3. The topological polar surface area (TPSA) is 54.7 Å². The quantitative estimate of drug-likeness (QED) is 0.630. The van der Waals surface area contributed by atoms with Gasteiger partial charge in [-0.2, -0.15) is 5.10 Å². The highest BCUT2D eigenvalue weighted by Crippen LogP contribution is 2.30. The van der Waals surface area contributed by atoms with Gasteiger partial charge in [0.1, 0.15) is 5.75 Å². The zero-order valence-electron chi connectivity index (χ0n) is 16.3. The maximum Gasteiger partial charge on any atom is 0.193 e. The molecule has 0 spiro atoms. The third-order valence-corrected chi connectivity index (χ3v) is 5.48. The number of para-hydroxylation sites is 1. The summed E-state index contributed by atoms with van der Waals surface area (Å²) in [5.41, 5.74) is 2.50. The smallest absolute Gasteiger partial charge is 0.193 e. The van der Waals surface area contributed by atoms with Crippen molar-refractivity contribution in [1.29, 1.82) is 0 Å². The Labute approximate surface area is 161 Å². The van der Waals surface area contributed by atoms with E-state index in [9.17, 15) is 0 Å². The number of guanidine groups is 1. The molecule has 1 saturated heterocycles. The minimum absolute atomic E-state index is 0.520. The van der Waals surface area contributed by atoms with Crippen molar-refractivity contribution >= 4 is 5.96 Å². The van der Waals surface area contributed by atoms with Gasteiger partial charge in [-0.05, 0) is 36.8 Å². The number of hydrogen-bond acceptors (Lipinski definition) is 3. The fraction of sp³-hybridized carbons (Fsp3) is 0.524. The third-order valence-electron chi connectivity index (χ3n) is 5.48. The van der Waals surface area contributed by atoms with E-state index in [0.29, 0.717) is 5.92 Å². The lowest BCUT2D eigenvalue weighted by Gasteiger charge is -2.22. The van der Waals surface area contributed by atoms with Crippen molar-refractivity contribution in [2.45, 2.75) is 31.7 Å². The van der Waals surface area contributed by atoms with Crippen LogP contribution in [0.15, 0.2) is 41.7 Å². The molecule has 144 valence electrons. The first kappa shape index (κ1) is 17.9. The molecule has 1 aromatic carbocycles. The number of benzene rings is 1. The van der Waals surface area contributed by atoms with Crippen molar-refractivity contribution in [1.82, 2.24) is 20.0 Å². The van der Waals surface area contributed by atoms with Gasteiger partial charge in [0.15, 0.2) is 5.96 Å². The lowest BCUT2D eigenvalue weighted by atomic mass is 10.0. The van der Waals surface area contributed by atoms with Crippen molar-refractivity contribution in [2.75, 3.05) is 26.7 Å². The van der Waals surface area contributed by atoms with E-state index in [0.717, 1.165) is 50.3 Å². The highest BCUT2D eigenvalue weighted by molar-refractivity contribution is 5.80. The SMILES string of the molecule is CN=C(NCc1ccccc1OCC1CC1)N1CCC(c2cnn(C)c2)C1. The summed E-state index contributed by atoms with van der Waals surface area (Å²) in [5, 5.41) is 7.83. The van der Waals surface area contributed by atoms with E-state index in [1.54, 1.807) is 0 Å². The lowest BCUT2D eigenvalue weighted by Crippen LogP contribution is -2.39. The summed E-state index contributed by atoms with van der Waals surface area (Å²) >= 11 is 0. The standard InChI is InChI=1S/C21H29N5O/c1-22-21(26-10-9-18(14-26)19-12-24-25(2)13-19)23-11-17-5-3-4-6-20(17)27-15-16-7-8-16/h3-6,12-13,16,18H,7-11,14-15H2,1-2H3,(H,22,23). The van der Waals surface area contributed by atoms with Crippen LogP contribution in [0.2, 0.25) is 0 Å². The van der Waals surface area contributed by atoms with Gasteiger partial charge in [-0.25, -0.2) is 0 Å². The van der Waals surface area contributed by atoms with Crippen LogP contribution in [0.5, 0.6) is 5.75 Å². The fourth-order valence-electron chi connectivity index (χ4n) is 3.67. The molecule has 0 bridgehead atoms. The number of ether oxygens (including phenoxy) is 1. The van der Waals surface area contributed by atoms with E-state index < -0.39 is 0 Å². The summed E-state index contributed by atoms with van der Waals surface area (Å²) in [6, 6.07) is 8.30. The first-order valence-corrected chi connectivity index (χ1v) is 9.88. The van der Waals surface area contributed by atoms with Crippen LogP contribution < -0.4 is 10.1 Å². The van der Waals surface area contributed by atoms with E-state index in [4.69, 9.17) is 4.74 Å². The summed E-state index contributed by atoms with van der Waals surface area (Å²) in [6.45, 7) is 3.55. The average Bonchev–Trinajstić information content (AvgIpc) is 3.21. The third kappa shape index (κ3) is 4.43. The van der Waals surface area contributed by atoms with Gasteiger partial charge in [0.25, 0.3) is 0 Å². The maximum atomic E-state index is 6.03.